The molecule has 3 aliphatic rings. The van der Waals surface area contributed by atoms with Gasteiger partial charge >= 0.3 is 29.6 Å². The molecule has 7 heteroatoms. The molecule has 0 radical (unpaired) electrons. The van der Waals surface area contributed by atoms with Gasteiger partial charge in [-0.25, -0.2) is 0 Å². The molecule has 3 aliphatic carbocycles. The van der Waals surface area contributed by atoms with Crippen molar-refractivity contribution in [1.82, 2.24) is 0 Å². The molecule has 4 aromatic carbocycles. The Kier molecular flexibility index (Phi) is 14.4. The second-order valence-corrected chi connectivity index (χ2v) is 15.0. The second kappa shape index (κ2) is 17.5. The number of alkyl halides is 2. The van der Waals surface area contributed by atoms with Gasteiger partial charge in [0.25, 0.3) is 0 Å². The van der Waals surface area contributed by atoms with Crippen LogP contribution in [0.25, 0.3) is 0 Å². The monoisotopic (exact) mass is 864 g/mol. The molecule has 0 aromatic heterocycles. The zero-order valence-corrected chi connectivity index (χ0v) is 34.0. The summed E-state index contributed by atoms with van der Waals surface area (Å²) >= 11 is 13.8. The van der Waals surface area contributed by atoms with E-state index in [0.29, 0.717) is 12.2 Å². The normalized spacial score (nSPS) is 17.5. The van der Waals surface area contributed by atoms with Gasteiger partial charge in [0.05, 0.1) is 0 Å². The SMILES string of the molecule is BrCCCc1ccccc1CBr.O=C1CCc2ccc(Br)cc21.O=C1c2cc(Br)ccc2CC12CCCc1ccccc1C2.[H-].[Na+]. The molecular weight excluding hydrogens is 831 g/mol. The van der Waals surface area contributed by atoms with Crippen molar-refractivity contribution in [2.75, 3.05) is 5.33 Å². The number of fused-ring (bicyclic) bond motifs is 3. The third kappa shape index (κ3) is 9.19. The number of hydrogen-bond acceptors (Lipinski definition) is 2. The van der Waals surface area contributed by atoms with Crippen LogP contribution in [0.3, 0.4) is 0 Å². The number of hydrogen-bond donors (Lipinski definition) is 0. The maximum Gasteiger partial charge on any atom is 1.00 e. The first kappa shape index (κ1) is 37.0. The van der Waals surface area contributed by atoms with Crippen LogP contribution in [-0.2, 0) is 37.4 Å². The summed E-state index contributed by atoms with van der Waals surface area (Å²) < 4.78 is 1.99. The van der Waals surface area contributed by atoms with E-state index in [1.807, 2.05) is 24.3 Å². The van der Waals surface area contributed by atoms with Gasteiger partial charge in [0.1, 0.15) is 0 Å². The van der Waals surface area contributed by atoms with Crippen LogP contribution < -0.4 is 29.6 Å². The summed E-state index contributed by atoms with van der Waals surface area (Å²) in [5.74, 6) is 0.636. The van der Waals surface area contributed by atoms with Gasteiger partial charge in [-0.05, 0) is 109 Å². The van der Waals surface area contributed by atoms with Gasteiger partial charge in [0.15, 0.2) is 11.6 Å². The summed E-state index contributed by atoms with van der Waals surface area (Å²) in [5.41, 5.74) is 9.74. The van der Waals surface area contributed by atoms with Crippen LogP contribution in [0.5, 0.6) is 0 Å². The Hall–Kier alpha value is -0.860. The Balaban J connectivity index is 0.000000199. The van der Waals surface area contributed by atoms with Crippen LogP contribution in [0, 0.1) is 5.41 Å². The second-order valence-electron chi connectivity index (χ2n) is 11.8. The predicted octanol–water partition coefficient (Wildman–Crippen LogP) is 8.36. The van der Waals surface area contributed by atoms with E-state index in [2.05, 4.69) is 124 Å². The molecule has 0 aliphatic heterocycles. The number of carbonyl (C=O) groups is 2. The molecule has 1 atom stereocenters. The van der Waals surface area contributed by atoms with Crippen molar-refractivity contribution >= 4 is 75.3 Å². The molecule has 0 N–H and O–H groups in total. The molecule has 0 saturated heterocycles. The van der Waals surface area contributed by atoms with Crippen LogP contribution in [0.15, 0.2) is 93.9 Å². The molecule has 4 aromatic rings. The van der Waals surface area contributed by atoms with E-state index in [1.54, 1.807) is 0 Å². The molecular formula is C38H37Br4NaO2. The summed E-state index contributed by atoms with van der Waals surface area (Å²) in [7, 11) is 0. The Morgan fingerprint density at radius 3 is 2.00 bits per heavy atom. The number of aryl methyl sites for hydroxylation is 3. The number of rotatable bonds is 4. The smallest absolute Gasteiger partial charge is 1.00 e. The molecule has 1 unspecified atom stereocenters. The van der Waals surface area contributed by atoms with Crippen LogP contribution >= 0.6 is 63.7 Å². The van der Waals surface area contributed by atoms with Crippen molar-refractivity contribution in [3.8, 4) is 0 Å². The fraction of sp³-hybridized carbons (Fsp3) is 0.316. The van der Waals surface area contributed by atoms with E-state index in [9.17, 15) is 9.59 Å². The molecule has 230 valence electrons. The van der Waals surface area contributed by atoms with E-state index in [1.165, 1.54) is 46.2 Å². The fourth-order valence-electron chi connectivity index (χ4n) is 6.63. The summed E-state index contributed by atoms with van der Waals surface area (Å²) in [5, 5.41) is 2.05. The van der Waals surface area contributed by atoms with Crippen molar-refractivity contribution in [2.45, 2.75) is 63.1 Å². The number of ketones is 2. The van der Waals surface area contributed by atoms with Gasteiger partial charge in [-0.2, -0.15) is 0 Å². The molecule has 0 bridgehead atoms. The van der Waals surface area contributed by atoms with Crippen LogP contribution in [-0.4, -0.2) is 16.9 Å². The number of Topliss-reactive ketones (excluding diaryl/α,β-unsaturated/α-hetero) is 2. The Labute approximate surface area is 324 Å². The van der Waals surface area contributed by atoms with Crippen molar-refractivity contribution in [3.63, 3.8) is 0 Å². The van der Waals surface area contributed by atoms with Crippen LogP contribution in [0.1, 0.15) is 81.2 Å². The average molecular weight is 868 g/mol. The number of halogens is 4. The van der Waals surface area contributed by atoms with Gasteiger partial charge < -0.3 is 1.43 Å². The molecule has 2 nitrogen and oxygen atoms in total. The van der Waals surface area contributed by atoms with Crippen molar-refractivity contribution in [3.05, 3.63) is 138 Å². The van der Waals surface area contributed by atoms with Gasteiger partial charge in [0, 0.05) is 42.6 Å². The van der Waals surface area contributed by atoms with Gasteiger partial charge in [-0.1, -0.05) is 124 Å². The molecule has 0 saturated carbocycles. The fourth-order valence-corrected chi connectivity index (χ4v) is 8.18. The largest absolute Gasteiger partial charge is 1.00 e. The number of carbonyl (C=O) groups excluding carboxylic acids is 2. The maximum atomic E-state index is 13.1. The first-order chi connectivity index (χ1) is 21.3. The van der Waals surface area contributed by atoms with Crippen molar-refractivity contribution in [2.24, 2.45) is 5.41 Å². The minimum absolute atomic E-state index is 0. The van der Waals surface area contributed by atoms with Crippen LogP contribution in [0.4, 0.5) is 0 Å². The van der Waals surface area contributed by atoms with E-state index < -0.39 is 0 Å². The summed E-state index contributed by atoms with van der Waals surface area (Å²) in [6.07, 6.45) is 9.01. The molecule has 1 spiro atoms. The molecule has 45 heavy (non-hydrogen) atoms. The molecule has 0 amide bonds. The maximum absolute atomic E-state index is 13.1. The predicted molar refractivity (Wildman–Crippen MR) is 197 cm³/mol. The third-order valence-electron chi connectivity index (χ3n) is 8.91. The third-order valence-corrected chi connectivity index (χ3v) is 11.1. The van der Waals surface area contributed by atoms with Crippen molar-refractivity contribution < 1.29 is 40.6 Å². The molecule has 0 fully saturated rings. The quantitative estimate of drug-likeness (QED) is 0.153. The first-order valence-electron chi connectivity index (χ1n) is 15.2. The Morgan fingerprint density at radius 1 is 0.667 bits per heavy atom. The van der Waals surface area contributed by atoms with Gasteiger partial charge in [-0.15, -0.1) is 0 Å². The van der Waals surface area contributed by atoms with Gasteiger partial charge in [0.2, 0.25) is 0 Å². The Morgan fingerprint density at radius 2 is 1.29 bits per heavy atom. The Bertz CT molecular complexity index is 1660. The minimum atomic E-state index is -0.199. The van der Waals surface area contributed by atoms with E-state index in [0.717, 1.165) is 69.3 Å². The molecule has 7 rings (SSSR count). The standard InChI is InChI=1S/C19H17BrO.C10H12Br2.C9H7BrO.Na.H/c20-16-8-7-15-12-19(18(21)17(15)10-16)9-3-6-13-4-1-2-5-14(13)11-19;11-7-3-6-9-4-1-2-5-10(9)8-12;10-7-3-1-6-2-4-9(11)8(6)5-7;;/h1-2,4-5,7-8,10H,3,6,9,11-12H2;1-2,4-5H,3,6-8H2;1,3,5H,2,4H2;;/q;;;+1;-1. The summed E-state index contributed by atoms with van der Waals surface area (Å²) in [6, 6.07) is 29.3. The van der Waals surface area contributed by atoms with E-state index in [4.69, 9.17) is 0 Å². The van der Waals surface area contributed by atoms with Crippen LogP contribution in [0.2, 0.25) is 0 Å². The topological polar surface area (TPSA) is 34.1 Å². The summed E-state index contributed by atoms with van der Waals surface area (Å²) in [4.78, 5) is 24.3. The van der Waals surface area contributed by atoms with E-state index >= 15 is 0 Å². The van der Waals surface area contributed by atoms with Gasteiger partial charge in [-0.3, -0.25) is 9.59 Å². The van der Waals surface area contributed by atoms with E-state index in [-0.39, 0.29) is 42.2 Å². The summed E-state index contributed by atoms with van der Waals surface area (Å²) in [6.45, 7) is 0. The first-order valence-corrected chi connectivity index (χ1v) is 19.1. The number of benzene rings is 4. The minimum Gasteiger partial charge on any atom is -1.00 e. The zero-order chi connectivity index (χ0) is 31.1. The van der Waals surface area contributed by atoms with Crippen molar-refractivity contribution in [1.29, 1.82) is 0 Å². The molecule has 0 heterocycles. The zero-order valence-electron chi connectivity index (χ0n) is 26.7. The average Bonchev–Trinajstić information content (AvgIpc) is 3.45.